The average molecular weight is 696 g/mol. The second kappa shape index (κ2) is 13.3. The van der Waals surface area contributed by atoms with E-state index in [1.165, 1.54) is 0 Å². The van der Waals surface area contributed by atoms with Gasteiger partial charge in [-0.2, -0.15) is 0 Å². The molecule has 54 heavy (non-hydrogen) atoms. The summed E-state index contributed by atoms with van der Waals surface area (Å²) in [6.07, 6.45) is 0. The summed E-state index contributed by atoms with van der Waals surface area (Å²) in [5, 5.41) is 2.13. The van der Waals surface area contributed by atoms with Crippen LogP contribution in [0.4, 0.5) is 34.1 Å². The van der Waals surface area contributed by atoms with Gasteiger partial charge in [-0.3, -0.25) is 0 Å². The molecule has 5 nitrogen and oxygen atoms in total. The van der Waals surface area contributed by atoms with Gasteiger partial charge in [0.1, 0.15) is 16.7 Å². The van der Waals surface area contributed by atoms with Crippen LogP contribution >= 0.6 is 0 Å². The summed E-state index contributed by atoms with van der Waals surface area (Å²) in [4.78, 5) is 9.70. The van der Waals surface area contributed by atoms with Crippen molar-refractivity contribution in [3.8, 4) is 22.6 Å². The average Bonchev–Trinajstić information content (AvgIpc) is 3.85. The van der Waals surface area contributed by atoms with Gasteiger partial charge >= 0.3 is 0 Å². The van der Waals surface area contributed by atoms with Crippen molar-refractivity contribution in [3.63, 3.8) is 0 Å². The molecule has 2 heterocycles. The Balaban J connectivity index is 1.16. The molecule has 0 bridgehead atoms. The maximum atomic E-state index is 6.61. The highest BCUT2D eigenvalue weighted by molar-refractivity contribution is 6.07. The SMILES string of the molecule is c1ccc(-c2nc3c(N(c4ccccc4)c4ccc5oc6ccccc6c5c4)cc(-c4ccc(N(c5ccccc5)c5ccccc5)cc4)cc3o2)cc1. The monoisotopic (exact) mass is 695 g/mol. The molecule has 0 unspecified atom stereocenters. The van der Waals surface area contributed by atoms with Gasteiger partial charge in [-0.05, 0) is 108 Å². The molecule has 0 fully saturated rings. The molecule has 0 saturated carbocycles. The third-order valence-corrected chi connectivity index (χ3v) is 9.86. The molecule has 8 aromatic carbocycles. The number of hydrogen-bond donors (Lipinski definition) is 0. The second-order valence-corrected chi connectivity index (χ2v) is 13.2. The number of benzene rings is 8. The van der Waals surface area contributed by atoms with Gasteiger partial charge in [0.25, 0.3) is 0 Å². The topological polar surface area (TPSA) is 45.7 Å². The molecule has 0 radical (unpaired) electrons. The lowest BCUT2D eigenvalue weighted by molar-refractivity contribution is 0.620. The van der Waals surface area contributed by atoms with Crippen molar-refractivity contribution < 1.29 is 8.83 Å². The van der Waals surface area contributed by atoms with E-state index < -0.39 is 0 Å². The lowest BCUT2D eigenvalue weighted by atomic mass is 10.0. The predicted molar refractivity (Wildman–Crippen MR) is 222 cm³/mol. The number of anilines is 6. The van der Waals surface area contributed by atoms with Gasteiger partial charge in [0, 0.05) is 44.8 Å². The fraction of sp³-hybridized carbons (Fsp3) is 0. The zero-order valence-corrected chi connectivity index (χ0v) is 29.2. The van der Waals surface area contributed by atoms with Crippen LogP contribution in [0.1, 0.15) is 0 Å². The standard InChI is InChI=1S/C49H33N3O2/c1-5-15-35(16-6-1)49-50-48-44(52(39-21-11-4-12-22-39)41-29-30-46-43(33-41)42-23-13-14-24-45(42)53-46)31-36(32-47(48)54-49)34-25-27-40(28-26-34)51(37-17-7-2-8-18-37)38-19-9-3-10-20-38/h1-33H. The smallest absolute Gasteiger partial charge is 0.227 e. The first-order valence-electron chi connectivity index (χ1n) is 18.0. The molecule has 10 rings (SSSR count). The number of nitrogens with zero attached hydrogens (tertiary/aromatic N) is 3. The molecule has 0 N–H and O–H groups in total. The van der Waals surface area contributed by atoms with Crippen LogP contribution in [0.25, 0.3) is 55.6 Å². The molecule has 256 valence electrons. The number of aromatic nitrogens is 1. The second-order valence-electron chi connectivity index (χ2n) is 13.2. The van der Waals surface area contributed by atoms with E-state index in [9.17, 15) is 0 Å². The van der Waals surface area contributed by atoms with Crippen molar-refractivity contribution in [1.82, 2.24) is 4.98 Å². The largest absolute Gasteiger partial charge is 0.456 e. The lowest BCUT2D eigenvalue weighted by Crippen LogP contribution is -2.11. The summed E-state index contributed by atoms with van der Waals surface area (Å²) in [5.41, 5.74) is 12.3. The van der Waals surface area contributed by atoms with Crippen LogP contribution in [0.15, 0.2) is 209 Å². The molecule has 5 heteroatoms. The third kappa shape index (κ3) is 5.65. The normalized spacial score (nSPS) is 11.3. The van der Waals surface area contributed by atoms with E-state index in [1.807, 2.05) is 60.7 Å². The summed E-state index contributed by atoms with van der Waals surface area (Å²) in [6, 6.07) is 69.1. The first-order valence-corrected chi connectivity index (χ1v) is 18.0. The number of oxazole rings is 1. The molecular weight excluding hydrogens is 663 g/mol. The number of fused-ring (bicyclic) bond motifs is 4. The summed E-state index contributed by atoms with van der Waals surface area (Å²) in [7, 11) is 0. The molecule has 2 aromatic heterocycles. The fourth-order valence-corrected chi connectivity index (χ4v) is 7.31. The van der Waals surface area contributed by atoms with Gasteiger partial charge in [-0.1, -0.05) is 103 Å². The molecule has 0 aliphatic rings. The van der Waals surface area contributed by atoms with Crippen LogP contribution in [0.2, 0.25) is 0 Å². The van der Waals surface area contributed by atoms with Crippen LogP contribution in [0.3, 0.4) is 0 Å². The summed E-state index contributed by atoms with van der Waals surface area (Å²) >= 11 is 0. The van der Waals surface area contributed by atoms with Crippen molar-refractivity contribution in [2.45, 2.75) is 0 Å². The van der Waals surface area contributed by atoms with Crippen molar-refractivity contribution in [2.75, 3.05) is 9.80 Å². The number of hydrogen-bond acceptors (Lipinski definition) is 5. The molecule has 0 aliphatic heterocycles. The van der Waals surface area contributed by atoms with Gasteiger partial charge in [0.05, 0.1) is 5.69 Å². The molecule has 0 aliphatic carbocycles. The number of rotatable bonds is 8. The molecule has 0 saturated heterocycles. The van der Waals surface area contributed by atoms with Crippen LogP contribution in [0.5, 0.6) is 0 Å². The van der Waals surface area contributed by atoms with Crippen molar-refractivity contribution >= 4 is 67.2 Å². The van der Waals surface area contributed by atoms with Crippen LogP contribution in [0, 0.1) is 0 Å². The minimum atomic E-state index is 0.574. The van der Waals surface area contributed by atoms with Crippen molar-refractivity contribution in [2.24, 2.45) is 0 Å². The van der Waals surface area contributed by atoms with E-state index in [0.717, 1.165) is 78.3 Å². The Hall–Kier alpha value is -7.37. The minimum Gasteiger partial charge on any atom is -0.456 e. The van der Waals surface area contributed by atoms with Crippen LogP contribution in [-0.4, -0.2) is 4.98 Å². The number of furan rings is 1. The maximum Gasteiger partial charge on any atom is 0.227 e. The molecule has 0 atom stereocenters. The Morgan fingerprint density at radius 2 is 0.870 bits per heavy atom. The number of para-hydroxylation sites is 4. The van der Waals surface area contributed by atoms with Gasteiger partial charge in [0.15, 0.2) is 5.58 Å². The highest BCUT2D eigenvalue weighted by Crippen LogP contribution is 2.44. The highest BCUT2D eigenvalue weighted by Gasteiger charge is 2.23. The quantitative estimate of drug-likeness (QED) is 0.158. The molecule has 10 aromatic rings. The maximum absolute atomic E-state index is 6.61. The Morgan fingerprint density at radius 1 is 0.333 bits per heavy atom. The van der Waals surface area contributed by atoms with E-state index >= 15 is 0 Å². The van der Waals surface area contributed by atoms with Gasteiger partial charge in [-0.15, -0.1) is 0 Å². The van der Waals surface area contributed by atoms with Crippen molar-refractivity contribution in [1.29, 1.82) is 0 Å². The van der Waals surface area contributed by atoms with Gasteiger partial charge < -0.3 is 18.6 Å². The zero-order chi connectivity index (χ0) is 35.8. The third-order valence-electron chi connectivity index (χ3n) is 9.86. The lowest BCUT2D eigenvalue weighted by Gasteiger charge is -2.26. The van der Waals surface area contributed by atoms with Crippen LogP contribution < -0.4 is 9.80 Å². The van der Waals surface area contributed by atoms with Crippen LogP contribution in [-0.2, 0) is 0 Å². The summed E-state index contributed by atoms with van der Waals surface area (Å²) in [5.74, 6) is 0.574. The van der Waals surface area contributed by atoms with E-state index in [-0.39, 0.29) is 0 Å². The Bertz CT molecular complexity index is 2830. The minimum absolute atomic E-state index is 0.574. The predicted octanol–water partition coefficient (Wildman–Crippen LogP) is 14.0. The Morgan fingerprint density at radius 3 is 1.54 bits per heavy atom. The highest BCUT2D eigenvalue weighted by atomic mass is 16.3. The first-order chi connectivity index (χ1) is 26.8. The van der Waals surface area contributed by atoms with E-state index in [0.29, 0.717) is 11.5 Å². The Labute approximate surface area is 312 Å². The Kier molecular flexibility index (Phi) is 7.73. The van der Waals surface area contributed by atoms with Crippen molar-refractivity contribution in [3.05, 3.63) is 200 Å². The summed E-state index contributed by atoms with van der Waals surface area (Å²) in [6.45, 7) is 0. The van der Waals surface area contributed by atoms with Gasteiger partial charge in [-0.25, -0.2) is 4.98 Å². The fourth-order valence-electron chi connectivity index (χ4n) is 7.31. The first kappa shape index (κ1) is 31.4. The van der Waals surface area contributed by atoms with Gasteiger partial charge in [0.2, 0.25) is 5.89 Å². The molecule has 0 spiro atoms. The van der Waals surface area contributed by atoms with E-state index in [1.54, 1.807) is 0 Å². The zero-order valence-electron chi connectivity index (χ0n) is 29.2. The summed E-state index contributed by atoms with van der Waals surface area (Å²) < 4.78 is 12.8. The van der Waals surface area contributed by atoms with E-state index in [2.05, 4.69) is 149 Å². The van der Waals surface area contributed by atoms with E-state index in [4.69, 9.17) is 13.8 Å². The molecule has 0 amide bonds. The molecular formula is C49H33N3O2.